The molecule has 0 aliphatic carbocycles. The summed E-state index contributed by atoms with van der Waals surface area (Å²) in [7, 11) is 3.79. The van der Waals surface area contributed by atoms with Crippen LogP contribution in [0, 0.1) is 0 Å². The van der Waals surface area contributed by atoms with Crippen molar-refractivity contribution in [3.8, 4) is 5.75 Å². The Morgan fingerprint density at radius 3 is 2.57 bits per heavy atom. The zero-order chi connectivity index (χ0) is 15.2. The maximum Gasteiger partial charge on any atom is 0.342 e. The number of hydrogen-bond acceptors (Lipinski definition) is 3. The zero-order valence-corrected chi connectivity index (χ0v) is 13.1. The number of rotatable bonds is 5. The first kappa shape index (κ1) is 15.8. The van der Waals surface area contributed by atoms with Gasteiger partial charge >= 0.3 is 5.97 Å². The molecule has 1 aliphatic heterocycles. The van der Waals surface area contributed by atoms with E-state index in [4.69, 9.17) is 9.47 Å². The van der Waals surface area contributed by atoms with E-state index in [9.17, 15) is 4.79 Å². The number of carbonyl (C=O) groups is 1. The molecule has 0 spiro atoms. The summed E-state index contributed by atoms with van der Waals surface area (Å²) in [5, 5.41) is 0. The van der Waals surface area contributed by atoms with Gasteiger partial charge in [-0.15, -0.1) is 0 Å². The summed E-state index contributed by atoms with van der Waals surface area (Å²) in [4.78, 5) is 15.3. The molecule has 0 saturated carbocycles. The first-order chi connectivity index (χ1) is 10.1. The maximum absolute atomic E-state index is 12.2. The molecule has 1 aliphatic rings. The van der Waals surface area contributed by atoms with Gasteiger partial charge in [-0.3, -0.25) is 0 Å². The Labute approximate surface area is 126 Å². The van der Waals surface area contributed by atoms with Gasteiger partial charge in [-0.05, 0) is 19.1 Å². The summed E-state index contributed by atoms with van der Waals surface area (Å²) in [5.74, 6) is 0.254. The molecule has 5 heteroatoms. The molecular weight excluding hydrogens is 268 g/mol. The first-order valence-corrected chi connectivity index (χ1v) is 7.59. The van der Waals surface area contributed by atoms with Crippen LogP contribution in [0.5, 0.6) is 5.75 Å². The van der Waals surface area contributed by atoms with Gasteiger partial charge in [-0.25, -0.2) is 4.79 Å². The van der Waals surface area contributed by atoms with Crippen molar-refractivity contribution >= 4 is 5.97 Å². The second-order valence-electron chi connectivity index (χ2n) is 5.83. The number of quaternary nitrogens is 2. The van der Waals surface area contributed by atoms with Crippen LogP contribution in [0.1, 0.15) is 17.3 Å². The number of piperazine rings is 1. The Bertz CT molecular complexity index is 470. The molecule has 1 aromatic rings. The average molecular weight is 294 g/mol. The highest BCUT2D eigenvalue weighted by Crippen LogP contribution is 2.18. The van der Waals surface area contributed by atoms with Gasteiger partial charge in [0.2, 0.25) is 0 Å². The Hall–Kier alpha value is -1.59. The number of hydrogen-bond donors (Lipinski definition) is 2. The molecule has 0 amide bonds. The largest absolute Gasteiger partial charge is 0.496 e. The Kier molecular flexibility index (Phi) is 5.59. The highest BCUT2D eigenvalue weighted by Gasteiger charge is 2.24. The van der Waals surface area contributed by atoms with Crippen molar-refractivity contribution in [2.24, 2.45) is 0 Å². The predicted octanol–water partition coefficient (Wildman–Crippen LogP) is -1.35. The van der Waals surface area contributed by atoms with Gasteiger partial charge in [0, 0.05) is 0 Å². The van der Waals surface area contributed by atoms with Gasteiger partial charge in [-0.1, -0.05) is 12.1 Å². The fraction of sp³-hybridized carbons (Fsp3) is 0.562. The van der Waals surface area contributed by atoms with Crippen LogP contribution in [0.15, 0.2) is 24.3 Å². The van der Waals surface area contributed by atoms with Crippen LogP contribution in [-0.4, -0.2) is 59.0 Å². The normalized spacial score (nSPS) is 23.4. The molecule has 1 heterocycles. The maximum atomic E-state index is 12.2. The first-order valence-electron chi connectivity index (χ1n) is 7.59. The number of nitrogens with one attached hydrogen (secondary N) is 2. The number of methoxy groups -OCH3 is 1. The minimum atomic E-state index is -0.306. The second-order valence-corrected chi connectivity index (χ2v) is 5.83. The Morgan fingerprint density at radius 1 is 1.24 bits per heavy atom. The van der Waals surface area contributed by atoms with Crippen molar-refractivity contribution in [3.63, 3.8) is 0 Å². The topological polar surface area (TPSA) is 44.4 Å². The molecule has 0 aromatic heterocycles. The van der Waals surface area contributed by atoms with Crippen LogP contribution < -0.4 is 14.5 Å². The molecule has 116 valence electrons. The minimum absolute atomic E-state index is 0.0872. The lowest BCUT2D eigenvalue weighted by Crippen LogP contribution is -3.27. The molecule has 5 nitrogen and oxygen atoms in total. The highest BCUT2D eigenvalue weighted by molar-refractivity contribution is 5.92. The zero-order valence-electron chi connectivity index (χ0n) is 13.1. The second kappa shape index (κ2) is 7.43. The number of ether oxygens (including phenoxy) is 2. The van der Waals surface area contributed by atoms with Crippen LogP contribution in [0.4, 0.5) is 0 Å². The number of benzene rings is 1. The van der Waals surface area contributed by atoms with E-state index in [-0.39, 0.29) is 12.1 Å². The van der Waals surface area contributed by atoms with Gasteiger partial charge in [0.1, 0.15) is 50.1 Å². The lowest BCUT2D eigenvalue weighted by atomic mass is 10.2. The summed E-state index contributed by atoms with van der Waals surface area (Å²) in [6, 6.07) is 7.17. The van der Waals surface area contributed by atoms with Gasteiger partial charge in [0.15, 0.2) is 0 Å². The molecule has 2 rings (SSSR count). The standard InChI is InChI=1S/C16H24N2O3/c1-13(12-18-10-8-17(2)9-11-18)21-16(19)14-6-4-5-7-15(14)20-3/h4-7,13H,8-12H2,1-3H3/p+2/t13-/m0/s1. The molecule has 0 radical (unpaired) electrons. The third-order valence-electron chi connectivity index (χ3n) is 4.02. The van der Waals surface area contributed by atoms with Crippen molar-refractivity contribution in [2.45, 2.75) is 13.0 Å². The molecule has 2 N–H and O–H groups in total. The lowest BCUT2D eigenvalue weighted by molar-refractivity contribution is -1.00. The van der Waals surface area contributed by atoms with Crippen LogP contribution in [0.3, 0.4) is 0 Å². The summed E-state index contributed by atoms with van der Waals surface area (Å²) in [5.41, 5.74) is 0.490. The van der Waals surface area contributed by atoms with Crippen molar-refractivity contribution in [1.82, 2.24) is 0 Å². The molecule has 1 atom stereocenters. The minimum Gasteiger partial charge on any atom is -0.496 e. The van der Waals surface area contributed by atoms with Gasteiger partial charge in [-0.2, -0.15) is 0 Å². The Balaban J connectivity index is 1.87. The quantitative estimate of drug-likeness (QED) is 0.660. The number of likely N-dealkylation sites (N-methyl/N-ethyl adjacent to an activating group) is 1. The van der Waals surface area contributed by atoms with Crippen molar-refractivity contribution < 1.29 is 24.1 Å². The smallest absolute Gasteiger partial charge is 0.342 e. The summed E-state index contributed by atoms with van der Waals surface area (Å²) in [6.07, 6.45) is -0.0872. The third-order valence-corrected chi connectivity index (χ3v) is 4.02. The Morgan fingerprint density at radius 2 is 1.90 bits per heavy atom. The highest BCUT2D eigenvalue weighted by atomic mass is 16.5. The van der Waals surface area contributed by atoms with Crippen molar-refractivity contribution in [1.29, 1.82) is 0 Å². The molecule has 1 fully saturated rings. The fourth-order valence-electron chi connectivity index (χ4n) is 2.74. The van der Waals surface area contributed by atoms with Gasteiger partial charge < -0.3 is 19.3 Å². The summed E-state index contributed by atoms with van der Waals surface area (Å²) < 4.78 is 10.8. The van der Waals surface area contributed by atoms with Gasteiger partial charge in [0.25, 0.3) is 0 Å². The number of esters is 1. The van der Waals surface area contributed by atoms with Crippen LogP contribution >= 0.6 is 0 Å². The van der Waals surface area contributed by atoms with Crippen LogP contribution in [0.25, 0.3) is 0 Å². The van der Waals surface area contributed by atoms with E-state index in [1.807, 2.05) is 19.1 Å². The van der Waals surface area contributed by atoms with Crippen LogP contribution in [-0.2, 0) is 4.74 Å². The van der Waals surface area contributed by atoms with E-state index in [2.05, 4.69) is 7.05 Å². The van der Waals surface area contributed by atoms with Gasteiger partial charge in [0.05, 0.1) is 14.2 Å². The monoisotopic (exact) mass is 294 g/mol. The SMILES string of the molecule is COc1ccccc1C(=O)O[C@@H](C)C[NH+]1CC[NH+](C)CC1. The third kappa shape index (κ3) is 4.44. The number of para-hydroxylation sites is 1. The summed E-state index contributed by atoms with van der Waals surface area (Å²) in [6.45, 7) is 7.48. The predicted molar refractivity (Wildman–Crippen MR) is 80.1 cm³/mol. The average Bonchev–Trinajstić information content (AvgIpc) is 2.49. The molecular formula is C16H26N2O3+2. The lowest BCUT2D eigenvalue weighted by Gasteiger charge is -2.28. The van der Waals surface area contributed by atoms with Crippen molar-refractivity contribution in [2.75, 3.05) is 46.9 Å². The van der Waals surface area contributed by atoms with E-state index in [1.165, 1.54) is 18.0 Å². The van der Waals surface area contributed by atoms with E-state index in [0.717, 1.165) is 19.6 Å². The van der Waals surface area contributed by atoms with Crippen molar-refractivity contribution in [3.05, 3.63) is 29.8 Å². The van der Waals surface area contributed by atoms with E-state index in [1.54, 1.807) is 24.1 Å². The molecule has 1 saturated heterocycles. The molecule has 21 heavy (non-hydrogen) atoms. The summed E-state index contributed by atoms with van der Waals surface area (Å²) >= 11 is 0. The van der Waals surface area contributed by atoms with E-state index in [0.29, 0.717) is 11.3 Å². The fourth-order valence-corrected chi connectivity index (χ4v) is 2.74. The van der Waals surface area contributed by atoms with E-state index >= 15 is 0 Å². The van der Waals surface area contributed by atoms with Crippen LogP contribution in [0.2, 0.25) is 0 Å². The molecule has 0 bridgehead atoms. The van der Waals surface area contributed by atoms with E-state index < -0.39 is 0 Å². The molecule has 0 unspecified atom stereocenters. The number of carbonyl (C=O) groups excluding carboxylic acids is 1. The molecule has 1 aromatic carbocycles.